The van der Waals surface area contributed by atoms with Gasteiger partial charge in [-0.15, -0.1) is 0 Å². The van der Waals surface area contributed by atoms with E-state index in [0.29, 0.717) is 6.04 Å². The van der Waals surface area contributed by atoms with Crippen LogP contribution in [0.1, 0.15) is 24.8 Å². The van der Waals surface area contributed by atoms with E-state index >= 15 is 0 Å². The molecular weight excluding hydrogens is 368 g/mol. The van der Waals surface area contributed by atoms with Crippen LogP contribution in [-0.4, -0.2) is 39.6 Å². The quantitative estimate of drug-likeness (QED) is 0.683. The average molecular weight is 387 g/mol. The van der Waals surface area contributed by atoms with Gasteiger partial charge in [0.1, 0.15) is 17.4 Å². The third-order valence-corrected chi connectivity index (χ3v) is 4.90. The van der Waals surface area contributed by atoms with E-state index in [1.165, 1.54) is 0 Å². The lowest BCUT2D eigenvalue weighted by Crippen LogP contribution is -2.44. The molecule has 0 amide bonds. The minimum Gasteiger partial charge on any atom is -0.482 e. The van der Waals surface area contributed by atoms with Gasteiger partial charge in [0.15, 0.2) is 0 Å². The Labute approximate surface area is 149 Å². The smallest absolute Gasteiger partial charge is 0.147 e. The first-order valence-electron chi connectivity index (χ1n) is 8.04. The molecule has 3 aromatic rings. The molecule has 5 nitrogen and oxygen atoms in total. The summed E-state index contributed by atoms with van der Waals surface area (Å²) >= 11 is 3.56. The molecule has 1 atom stereocenters. The summed E-state index contributed by atoms with van der Waals surface area (Å²) in [5.41, 5.74) is 2.92. The molecule has 0 bridgehead atoms. The van der Waals surface area contributed by atoms with Gasteiger partial charge in [-0.2, -0.15) is 0 Å². The minimum absolute atomic E-state index is 0.129. The minimum atomic E-state index is -0.129. The van der Waals surface area contributed by atoms with Gasteiger partial charge in [-0.1, -0.05) is 22.0 Å². The molecule has 2 aromatic heterocycles. The summed E-state index contributed by atoms with van der Waals surface area (Å²) in [5, 5.41) is 0. The zero-order valence-electron chi connectivity index (χ0n) is 13.7. The molecule has 3 heterocycles. The van der Waals surface area contributed by atoms with Crippen molar-refractivity contribution in [2.45, 2.75) is 19.1 Å². The van der Waals surface area contributed by atoms with Crippen molar-refractivity contribution in [1.82, 2.24) is 19.4 Å². The Balaban J connectivity index is 1.72. The van der Waals surface area contributed by atoms with Gasteiger partial charge in [-0.25, -0.2) is 4.98 Å². The summed E-state index contributed by atoms with van der Waals surface area (Å²) in [6.07, 6.45) is 3.59. The summed E-state index contributed by atoms with van der Waals surface area (Å²) in [6, 6.07) is 10.4. The predicted octanol–water partition coefficient (Wildman–Crippen LogP) is 3.82. The van der Waals surface area contributed by atoms with Crippen LogP contribution < -0.4 is 4.74 Å². The Kier molecular flexibility index (Phi) is 4.02. The van der Waals surface area contributed by atoms with E-state index in [2.05, 4.69) is 42.4 Å². The van der Waals surface area contributed by atoms with Gasteiger partial charge in [-0.3, -0.25) is 4.98 Å². The first-order chi connectivity index (χ1) is 11.6. The van der Waals surface area contributed by atoms with Crippen LogP contribution in [0.4, 0.5) is 0 Å². The number of nitrogens with zero attached hydrogens (tertiary/aromatic N) is 4. The normalized spacial score (nSPS) is 17.0. The fraction of sp³-hybridized carbons (Fsp3) is 0.333. The molecule has 0 unspecified atom stereocenters. The third-order valence-electron chi connectivity index (χ3n) is 4.45. The highest BCUT2D eigenvalue weighted by molar-refractivity contribution is 9.10. The predicted molar refractivity (Wildman–Crippen MR) is 97.2 cm³/mol. The topological polar surface area (TPSA) is 43.2 Å². The second-order valence-electron chi connectivity index (χ2n) is 6.31. The number of pyridine rings is 1. The molecule has 4 rings (SSSR count). The number of hydrogen-bond donors (Lipinski definition) is 0. The lowest BCUT2D eigenvalue weighted by molar-refractivity contribution is 0.142. The van der Waals surface area contributed by atoms with Crippen molar-refractivity contribution in [3.05, 3.63) is 53.0 Å². The number of aromatic nitrogens is 3. The number of rotatable bonds is 4. The van der Waals surface area contributed by atoms with Crippen molar-refractivity contribution in [3.63, 3.8) is 0 Å². The number of benzene rings is 1. The molecule has 124 valence electrons. The van der Waals surface area contributed by atoms with Gasteiger partial charge in [0.05, 0.1) is 23.6 Å². The second kappa shape index (κ2) is 6.18. The molecule has 1 saturated heterocycles. The second-order valence-corrected chi connectivity index (χ2v) is 7.23. The Hall–Kier alpha value is -1.92. The first kappa shape index (κ1) is 15.6. The van der Waals surface area contributed by atoms with E-state index in [9.17, 15) is 0 Å². The van der Waals surface area contributed by atoms with Crippen molar-refractivity contribution in [1.29, 1.82) is 0 Å². The highest BCUT2D eigenvalue weighted by Crippen LogP contribution is 2.35. The Morgan fingerprint density at radius 1 is 1.25 bits per heavy atom. The number of likely N-dealkylation sites (tertiary alicyclic amines) is 1. The molecular formula is C18H19BrN4O. The van der Waals surface area contributed by atoms with Crippen molar-refractivity contribution >= 4 is 27.0 Å². The summed E-state index contributed by atoms with van der Waals surface area (Å²) < 4.78 is 9.48. The van der Waals surface area contributed by atoms with E-state index in [0.717, 1.165) is 40.0 Å². The molecule has 0 aliphatic carbocycles. The van der Waals surface area contributed by atoms with Crippen LogP contribution in [-0.2, 0) is 0 Å². The molecule has 0 radical (unpaired) electrons. The number of likely N-dealkylation sites (N-methyl/N-ethyl adjacent to an activating group) is 1. The van der Waals surface area contributed by atoms with Crippen LogP contribution in [0.15, 0.2) is 47.3 Å². The maximum Gasteiger partial charge on any atom is 0.147 e. The highest BCUT2D eigenvalue weighted by Gasteiger charge is 2.27. The summed E-state index contributed by atoms with van der Waals surface area (Å²) in [6.45, 7) is 4.10. The Bertz CT molecular complexity index is 858. The summed E-state index contributed by atoms with van der Waals surface area (Å²) in [5.74, 6) is 0.838. The van der Waals surface area contributed by atoms with E-state index in [4.69, 9.17) is 4.74 Å². The number of imidazole rings is 1. The Morgan fingerprint density at radius 2 is 2.08 bits per heavy atom. The monoisotopic (exact) mass is 386 g/mol. The van der Waals surface area contributed by atoms with E-state index < -0.39 is 0 Å². The van der Waals surface area contributed by atoms with Gasteiger partial charge >= 0.3 is 0 Å². The molecule has 0 spiro atoms. The van der Waals surface area contributed by atoms with Crippen LogP contribution in [0, 0.1) is 0 Å². The molecule has 0 N–H and O–H groups in total. The molecule has 1 aliphatic heterocycles. The van der Waals surface area contributed by atoms with E-state index in [-0.39, 0.29) is 6.10 Å². The van der Waals surface area contributed by atoms with Crippen LogP contribution in [0.2, 0.25) is 0 Å². The number of ether oxygens (including phenoxy) is 1. The summed E-state index contributed by atoms with van der Waals surface area (Å²) in [4.78, 5) is 11.3. The zero-order chi connectivity index (χ0) is 16.7. The number of fused-ring (bicyclic) bond motifs is 1. The van der Waals surface area contributed by atoms with Gasteiger partial charge in [0.2, 0.25) is 0 Å². The highest BCUT2D eigenvalue weighted by atomic mass is 79.9. The average Bonchev–Trinajstić information content (AvgIpc) is 2.96. The molecule has 6 heteroatoms. The first-order valence-corrected chi connectivity index (χ1v) is 8.83. The third kappa shape index (κ3) is 2.80. The number of hydrogen-bond acceptors (Lipinski definition) is 4. The largest absolute Gasteiger partial charge is 0.482 e. The fourth-order valence-corrected chi connectivity index (χ4v) is 3.60. The molecule has 1 aromatic carbocycles. The molecule has 1 fully saturated rings. The van der Waals surface area contributed by atoms with Crippen LogP contribution in [0.25, 0.3) is 11.0 Å². The van der Waals surface area contributed by atoms with Crippen LogP contribution in [0.5, 0.6) is 5.75 Å². The SMILES string of the molecule is C[C@@H](Oc1cc(Br)cc2ncn(C3CN(C)C3)c12)c1ccccn1. The van der Waals surface area contributed by atoms with E-state index in [1.807, 2.05) is 43.6 Å². The van der Waals surface area contributed by atoms with Gasteiger partial charge < -0.3 is 14.2 Å². The molecule has 24 heavy (non-hydrogen) atoms. The summed E-state index contributed by atoms with van der Waals surface area (Å²) in [7, 11) is 2.13. The van der Waals surface area contributed by atoms with Gasteiger partial charge in [-0.05, 0) is 38.2 Å². The zero-order valence-corrected chi connectivity index (χ0v) is 15.3. The van der Waals surface area contributed by atoms with Crippen LogP contribution >= 0.6 is 15.9 Å². The lowest BCUT2D eigenvalue weighted by atomic mass is 10.1. The Morgan fingerprint density at radius 3 is 2.79 bits per heavy atom. The lowest BCUT2D eigenvalue weighted by Gasteiger charge is -2.37. The van der Waals surface area contributed by atoms with Crippen molar-refractivity contribution in [3.8, 4) is 5.75 Å². The molecule has 1 aliphatic rings. The van der Waals surface area contributed by atoms with Crippen molar-refractivity contribution in [2.24, 2.45) is 0 Å². The standard InChI is InChI=1S/C18H19BrN4O/c1-12(15-5-3-4-6-20-15)24-17-8-13(19)7-16-18(17)23(11-21-16)14-9-22(2)10-14/h3-8,11-12,14H,9-10H2,1-2H3/t12-/m1/s1. The molecule has 0 saturated carbocycles. The van der Waals surface area contributed by atoms with Crippen LogP contribution in [0.3, 0.4) is 0 Å². The van der Waals surface area contributed by atoms with Gasteiger partial charge in [0, 0.05) is 23.8 Å². The fourth-order valence-electron chi connectivity index (χ4n) is 3.18. The van der Waals surface area contributed by atoms with E-state index in [1.54, 1.807) is 6.20 Å². The maximum atomic E-state index is 6.27. The van der Waals surface area contributed by atoms with Crippen molar-refractivity contribution in [2.75, 3.05) is 20.1 Å². The van der Waals surface area contributed by atoms with Gasteiger partial charge in [0.25, 0.3) is 0 Å². The number of halogens is 1. The maximum absolute atomic E-state index is 6.27. The van der Waals surface area contributed by atoms with Crippen molar-refractivity contribution < 1.29 is 4.74 Å².